The maximum absolute atomic E-state index is 10.5. The summed E-state index contributed by atoms with van der Waals surface area (Å²) in [5, 5.41) is 15.6. The second kappa shape index (κ2) is 4.11. The standard InChI is InChI=1S/C11H8N4O2S/c16-11(17)13-7-5-12-15(6-7)10-14-8-3-1-2-4-9(8)18-10/h1-6,13H,(H,16,17). The maximum Gasteiger partial charge on any atom is 0.409 e. The first kappa shape index (κ1) is 10.7. The van der Waals surface area contributed by atoms with Crippen molar-refractivity contribution in [3.63, 3.8) is 0 Å². The number of hydrogen-bond acceptors (Lipinski definition) is 4. The highest BCUT2D eigenvalue weighted by molar-refractivity contribution is 7.20. The van der Waals surface area contributed by atoms with Crippen molar-refractivity contribution >= 4 is 33.3 Å². The number of fused-ring (bicyclic) bond motifs is 1. The Kier molecular flexibility index (Phi) is 2.45. The van der Waals surface area contributed by atoms with Crippen LogP contribution in [-0.2, 0) is 0 Å². The van der Waals surface area contributed by atoms with Crippen molar-refractivity contribution in [2.45, 2.75) is 0 Å². The number of carbonyl (C=O) groups is 1. The minimum atomic E-state index is -1.11. The van der Waals surface area contributed by atoms with Gasteiger partial charge < -0.3 is 5.11 Å². The van der Waals surface area contributed by atoms with E-state index in [9.17, 15) is 4.79 Å². The quantitative estimate of drug-likeness (QED) is 0.742. The van der Waals surface area contributed by atoms with Crippen LogP contribution < -0.4 is 5.32 Å². The van der Waals surface area contributed by atoms with Crippen molar-refractivity contribution in [3.05, 3.63) is 36.7 Å². The van der Waals surface area contributed by atoms with E-state index in [-0.39, 0.29) is 0 Å². The van der Waals surface area contributed by atoms with Crippen LogP contribution in [0.2, 0.25) is 0 Å². The van der Waals surface area contributed by atoms with Gasteiger partial charge in [-0.15, -0.1) is 0 Å². The fraction of sp³-hybridized carbons (Fsp3) is 0. The van der Waals surface area contributed by atoms with Crippen molar-refractivity contribution in [2.75, 3.05) is 5.32 Å². The first-order valence-corrected chi connectivity index (χ1v) is 5.94. The number of aromatic nitrogens is 3. The summed E-state index contributed by atoms with van der Waals surface area (Å²) in [7, 11) is 0. The first-order chi connectivity index (χ1) is 8.72. The second-order valence-corrected chi connectivity index (χ2v) is 4.58. The van der Waals surface area contributed by atoms with Gasteiger partial charge in [-0.2, -0.15) is 5.10 Å². The summed E-state index contributed by atoms with van der Waals surface area (Å²) in [6, 6.07) is 7.78. The van der Waals surface area contributed by atoms with Gasteiger partial charge in [-0.3, -0.25) is 5.32 Å². The Morgan fingerprint density at radius 1 is 1.39 bits per heavy atom. The Morgan fingerprint density at radius 2 is 2.22 bits per heavy atom. The van der Waals surface area contributed by atoms with Crippen molar-refractivity contribution in [2.24, 2.45) is 0 Å². The predicted octanol–water partition coefficient (Wildman–Crippen LogP) is 2.57. The number of thiazole rings is 1. The summed E-state index contributed by atoms with van der Waals surface area (Å²) < 4.78 is 2.62. The SMILES string of the molecule is O=C(O)Nc1cnn(-c2nc3ccccc3s2)c1. The molecule has 18 heavy (non-hydrogen) atoms. The Labute approximate surface area is 106 Å². The predicted molar refractivity (Wildman–Crippen MR) is 68.4 cm³/mol. The normalized spacial score (nSPS) is 10.7. The van der Waals surface area contributed by atoms with Crippen molar-refractivity contribution in [3.8, 4) is 5.13 Å². The highest BCUT2D eigenvalue weighted by atomic mass is 32.1. The van der Waals surface area contributed by atoms with Gasteiger partial charge >= 0.3 is 6.09 Å². The van der Waals surface area contributed by atoms with E-state index in [1.807, 2.05) is 24.3 Å². The molecular weight excluding hydrogens is 252 g/mol. The van der Waals surface area contributed by atoms with E-state index >= 15 is 0 Å². The van der Waals surface area contributed by atoms with Gasteiger partial charge in [0.05, 0.1) is 28.3 Å². The van der Waals surface area contributed by atoms with E-state index in [4.69, 9.17) is 5.11 Å². The van der Waals surface area contributed by atoms with E-state index in [0.29, 0.717) is 10.8 Å². The number of nitrogens with zero attached hydrogens (tertiary/aromatic N) is 3. The smallest absolute Gasteiger partial charge is 0.409 e. The lowest BCUT2D eigenvalue weighted by Crippen LogP contribution is -2.06. The minimum Gasteiger partial charge on any atom is -0.465 e. The highest BCUT2D eigenvalue weighted by Gasteiger charge is 2.08. The molecule has 1 amide bonds. The fourth-order valence-electron chi connectivity index (χ4n) is 1.57. The molecule has 0 radical (unpaired) electrons. The fourth-order valence-corrected chi connectivity index (χ4v) is 2.47. The zero-order valence-corrected chi connectivity index (χ0v) is 9.89. The number of para-hydroxylation sites is 1. The van der Waals surface area contributed by atoms with Gasteiger partial charge in [-0.1, -0.05) is 23.5 Å². The molecular formula is C11H8N4O2S. The number of amides is 1. The molecule has 0 bridgehead atoms. The van der Waals surface area contributed by atoms with Crippen LogP contribution in [0.4, 0.5) is 10.5 Å². The number of nitrogens with one attached hydrogen (secondary N) is 1. The third kappa shape index (κ3) is 1.91. The zero-order valence-electron chi connectivity index (χ0n) is 9.07. The largest absolute Gasteiger partial charge is 0.465 e. The average molecular weight is 260 g/mol. The molecule has 0 fully saturated rings. The van der Waals surface area contributed by atoms with Crippen LogP contribution >= 0.6 is 11.3 Å². The molecule has 2 N–H and O–H groups in total. The van der Waals surface area contributed by atoms with Gasteiger partial charge in [0.1, 0.15) is 0 Å². The van der Waals surface area contributed by atoms with E-state index < -0.39 is 6.09 Å². The Hall–Kier alpha value is -2.41. The summed E-state index contributed by atoms with van der Waals surface area (Å²) in [4.78, 5) is 14.9. The molecule has 3 aromatic rings. The molecule has 0 aliphatic carbocycles. The molecule has 0 aliphatic rings. The maximum atomic E-state index is 10.5. The third-order valence-corrected chi connectivity index (χ3v) is 3.34. The van der Waals surface area contributed by atoms with Crippen LogP contribution in [0, 0.1) is 0 Å². The zero-order chi connectivity index (χ0) is 12.5. The lowest BCUT2D eigenvalue weighted by atomic mass is 10.3. The van der Waals surface area contributed by atoms with E-state index in [2.05, 4.69) is 15.4 Å². The summed E-state index contributed by atoms with van der Waals surface area (Å²) in [5.41, 5.74) is 1.32. The summed E-state index contributed by atoms with van der Waals surface area (Å²) in [6.07, 6.45) is 1.92. The number of rotatable bonds is 2. The van der Waals surface area contributed by atoms with Crippen molar-refractivity contribution < 1.29 is 9.90 Å². The first-order valence-electron chi connectivity index (χ1n) is 5.13. The Balaban J connectivity index is 1.98. The van der Waals surface area contributed by atoms with Gasteiger partial charge in [0, 0.05) is 0 Å². The van der Waals surface area contributed by atoms with Gasteiger partial charge in [0.25, 0.3) is 0 Å². The van der Waals surface area contributed by atoms with Crippen LogP contribution in [-0.4, -0.2) is 26.0 Å². The third-order valence-electron chi connectivity index (χ3n) is 2.31. The Bertz CT molecular complexity index is 685. The van der Waals surface area contributed by atoms with Crippen LogP contribution in [0.5, 0.6) is 0 Å². The molecule has 2 aromatic heterocycles. The van der Waals surface area contributed by atoms with Gasteiger partial charge in [0.2, 0.25) is 5.13 Å². The number of hydrogen-bond donors (Lipinski definition) is 2. The molecule has 0 saturated carbocycles. The van der Waals surface area contributed by atoms with Crippen molar-refractivity contribution in [1.29, 1.82) is 0 Å². The Morgan fingerprint density at radius 3 is 3.00 bits per heavy atom. The van der Waals surface area contributed by atoms with E-state index in [1.165, 1.54) is 17.5 Å². The van der Waals surface area contributed by atoms with Crippen LogP contribution in [0.3, 0.4) is 0 Å². The molecule has 6 nitrogen and oxygen atoms in total. The summed E-state index contributed by atoms with van der Waals surface area (Å²) >= 11 is 1.50. The number of benzene rings is 1. The number of anilines is 1. The number of carboxylic acid groups (broad SMARTS) is 1. The highest BCUT2D eigenvalue weighted by Crippen LogP contribution is 2.24. The van der Waals surface area contributed by atoms with Crippen molar-refractivity contribution in [1.82, 2.24) is 14.8 Å². The molecule has 0 aliphatic heterocycles. The molecule has 2 heterocycles. The topological polar surface area (TPSA) is 80.0 Å². The lowest BCUT2D eigenvalue weighted by molar-refractivity contribution is 0.210. The molecule has 0 atom stereocenters. The summed E-state index contributed by atoms with van der Waals surface area (Å²) in [5.74, 6) is 0. The van der Waals surface area contributed by atoms with Crippen LogP contribution in [0.15, 0.2) is 36.7 Å². The molecule has 3 rings (SSSR count). The molecule has 7 heteroatoms. The van der Waals surface area contributed by atoms with Crippen LogP contribution in [0.25, 0.3) is 15.3 Å². The second-order valence-electron chi connectivity index (χ2n) is 3.57. The average Bonchev–Trinajstić information content (AvgIpc) is 2.93. The molecule has 0 unspecified atom stereocenters. The lowest BCUT2D eigenvalue weighted by Gasteiger charge is -1.93. The molecule has 1 aromatic carbocycles. The van der Waals surface area contributed by atoms with Gasteiger partial charge in [-0.05, 0) is 12.1 Å². The monoisotopic (exact) mass is 260 g/mol. The molecule has 0 saturated heterocycles. The minimum absolute atomic E-state index is 0.418. The molecule has 0 spiro atoms. The summed E-state index contributed by atoms with van der Waals surface area (Å²) in [6.45, 7) is 0. The van der Waals surface area contributed by atoms with E-state index in [1.54, 1.807) is 10.9 Å². The molecule has 90 valence electrons. The van der Waals surface area contributed by atoms with Gasteiger partial charge in [-0.25, -0.2) is 14.5 Å². The van der Waals surface area contributed by atoms with Gasteiger partial charge in [0.15, 0.2) is 0 Å². The van der Waals surface area contributed by atoms with Crippen LogP contribution in [0.1, 0.15) is 0 Å². The van der Waals surface area contributed by atoms with E-state index in [0.717, 1.165) is 10.2 Å².